The maximum absolute atomic E-state index is 6.45. The Morgan fingerprint density at radius 2 is 1.09 bits per heavy atom. The van der Waals surface area contributed by atoms with Crippen LogP contribution in [0.3, 0.4) is 0 Å². The minimum absolute atomic E-state index is 0.0230. The van der Waals surface area contributed by atoms with Gasteiger partial charge in [-0.3, -0.25) is 9.97 Å². The maximum Gasteiger partial charge on any atom is 0.138 e. The predicted molar refractivity (Wildman–Crippen MR) is 285 cm³/mol. The lowest BCUT2D eigenvalue weighted by Gasteiger charge is -2.23. The molecule has 7 aromatic carbocycles. The van der Waals surface area contributed by atoms with Gasteiger partial charge < -0.3 is 18.3 Å². The number of hydrogen-bond acceptors (Lipinski definition) is 4. The number of rotatable bonds is 6. The summed E-state index contributed by atoms with van der Waals surface area (Å²) in [7, 11) is 0. The van der Waals surface area contributed by atoms with E-state index in [4.69, 9.17) is 9.15 Å². The van der Waals surface area contributed by atoms with Gasteiger partial charge in [-0.25, -0.2) is 0 Å². The molecule has 6 heterocycles. The lowest BCUT2D eigenvalue weighted by Crippen LogP contribution is -2.17. The number of benzene rings is 7. The first-order valence-corrected chi connectivity index (χ1v) is 24.1. The van der Waals surface area contributed by atoms with Gasteiger partial charge in [0.1, 0.15) is 23.0 Å². The summed E-state index contributed by atoms with van der Waals surface area (Å²) in [6.45, 7) is 0. The summed E-state index contributed by atoms with van der Waals surface area (Å²) in [5.41, 5.74) is 22.3. The van der Waals surface area contributed by atoms with E-state index in [1.54, 1.807) is 6.20 Å². The van der Waals surface area contributed by atoms with Crippen LogP contribution in [0.1, 0.15) is 29.7 Å². The van der Waals surface area contributed by atoms with E-state index < -0.39 is 0 Å². The van der Waals surface area contributed by atoms with Gasteiger partial charge >= 0.3 is 0 Å². The van der Waals surface area contributed by atoms with Crippen LogP contribution in [-0.4, -0.2) is 25.2 Å². The quantitative estimate of drug-likeness (QED) is 0.167. The first kappa shape index (κ1) is 39.0. The fourth-order valence-electron chi connectivity index (χ4n) is 11.6. The van der Waals surface area contributed by atoms with Gasteiger partial charge in [0.05, 0.1) is 16.6 Å². The normalized spacial score (nSPS) is 15.2. The zero-order valence-corrected chi connectivity index (χ0v) is 38.0. The second-order valence-corrected chi connectivity index (χ2v) is 18.8. The van der Waals surface area contributed by atoms with Gasteiger partial charge in [-0.05, 0) is 154 Å². The van der Waals surface area contributed by atoms with Gasteiger partial charge in [-0.1, -0.05) is 91.0 Å². The van der Waals surface area contributed by atoms with Gasteiger partial charge in [-0.2, -0.15) is 0 Å². The predicted octanol–water partition coefficient (Wildman–Crippen LogP) is 15.9. The number of allylic oxidation sites excluding steroid dienone is 3. The fourth-order valence-corrected chi connectivity index (χ4v) is 11.6. The number of nitrogens with zero attached hydrogens (tertiary/aromatic N) is 4. The van der Waals surface area contributed by atoms with E-state index in [-0.39, 0.29) is 6.10 Å². The van der Waals surface area contributed by atoms with Crippen molar-refractivity contribution in [3.05, 3.63) is 235 Å². The average Bonchev–Trinajstić information content (AvgIpc) is 4.18. The maximum atomic E-state index is 6.45. The van der Waals surface area contributed by atoms with Crippen LogP contribution in [0, 0.1) is 0 Å². The topological polar surface area (TPSA) is 58.0 Å². The van der Waals surface area contributed by atoms with Crippen LogP contribution in [0.15, 0.2) is 222 Å². The summed E-state index contributed by atoms with van der Waals surface area (Å²) < 4.78 is 17.6. The Labute approximate surface area is 403 Å². The van der Waals surface area contributed by atoms with Crippen molar-refractivity contribution in [3.8, 4) is 50.5 Å². The zero-order chi connectivity index (χ0) is 45.9. The van der Waals surface area contributed by atoms with Gasteiger partial charge in [-0.15, -0.1) is 0 Å². The summed E-state index contributed by atoms with van der Waals surface area (Å²) in [5, 5.41) is 5.78. The molecule has 6 heteroatoms. The van der Waals surface area contributed by atoms with Crippen molar-refractivity contribution >= 4 is 66.3 Å². The smallest absolute Gasteiger partial charge is 0.138 e. The fraction of sp³-hybridized carbons (Fsp3) is 0.0625. The second kappa shape index (κ2) is 15.3. The van der Waals surface area contributed by atoms with Gasteiger partial charge in [0.25, 0.3) is 0 Å². The summed E-state index contributed by atoms with van der Waals surface area (Å²) in [5.74, 6) is 0.932. The Kier molecular flexibility index (Phi) is 8.51. The van der Waals surface area contributed by atoms with Crippen molar-refractivity contribution in [1.82, 2.24) is 19.1 Å². The molecule has 0 bridgehead atoms. The van der Waals surface area contributed by atoms with Crippen molar-refractivity contribution in [1.29, 1.82) is 0 Å². The molecular formula is C64H42N4O2. The third-order valence-corrected chi connectivity index (χ3v) is 15.0. The monoisotopic (exact) mass is 898 g/mol. The van der Waals surface area contributed by atoms with E-state index in [0.29, 0.717) is 0 Å². The van der Waals surface area contributed by atoms with Crippen molar-refractivity contribution < 1.29 is 9.15 Å². The first-order valence-electron chi connectivity index (χ1n) is 24.1. The van der Waals surface area contributed by atoms with E-state index in [9.17, 15) is 0 Å². The number of fused-ring (bicyclic) bond motifs is 12. The van der Waals surface area contributed by atoms with Crippen LogP contribution < -0.4 is 4.74 Å². The highest BCUT2D eigenvalue weighted by atomic mass is 16.5. The molecule has 0 spiro atoms. The summed E-state index contributed by atoms with van der Waals surface area (Å²) in [6.07, 6.45) is 17.3. The third kappa shape index (κ3) is 6.06. The highest BCUT2D eigenvalue weighted by Crippen LogP contribution is 2.46. The van der Waals surface area contributed by atoms with E-state index in [1.807, 2.05) is 30.7 Å². The molecule has 15 rings (SSSR count). The standard InChI is InChI=1S/C64H42N4O2/c1-3-10-47(11-4-1)67-57-22-16-41(31-51(57)53-33-43(18-24-59(53)67)45-14-20-49-55-37-65-28-26-61(55)69-63(49)35-45)39-8-7-9-40(30-39)42-17-23-58-52(32-42)54-34-44(19-25-60(54)68(58)48-12-5-2-6-13-48)46-15-21-50-56-38-66-29-27-62(56)70-64(50)36-46/h1-18,20-24,26-35,37-38,64H,19,25,36H2. The van der Waals surface area contributed by atoms with Crippen molar-refractivity contribution in [3.63, 3.8) is 0 Å². The molecule has 1 unspecified atom stereocenters. The highest BCUT2D eigenvalue weighted by Gasteiger charge is 2.33. The summed E-state index contributed by atoms with van der Waals surface area (Å²) >= 11 is 0. The molecule has 0 radical (unpaired) electrons. The molecule has 2 aliphatic carbocycles. The Morgan fingerprint density at radius 1 is 0.457 bits per heavy atom. The van der Waals surface area contributed by atoms with E-state index in [2.05, 4.69) is 195 Å². The highest BCUT2D eigenvalue weighted by molar-refractivity contribution is 6.12. The minimum atomic E-state index is 0.0230. The van der Waals surface area contributed by atoms with Crippen LogP contribution in [0.2, 0.25) is 0 Å². The zero-order valence-electron chi connectivity index (χ0n) is 38.0. The largest absolute Gasteiger partial charge is 0.485 e. The van der Waals surface area contributed by atoms with Crippen molar-refractivity contribution in [2.24, 2.45) is 0 Å². The number of hydrogen-bond donors (Lipinski definition) is 0. The second-order valence-electron chi connectivity index (χ2n) is 18.8. The summed E-state index contributed by atoms with van der Waals surface area (Å²) in [6, 6.07) is 61.8. The number of ether oxygens (including phenoxy) is 1. The molecule has 0 saturated carbocycles. The molecule has 0 amide bonds. The van der Waals surface area contributed by atoms with Crippen molar-refractivity contribution in [2.45, 2.75) is 25.4 Å². The molecule has 1 atom stereocenters. The molecule has 1 aliphatic heterocycles. The molecule has 0 saturated heterocycles. The van der Waals surface area contributed by atoms with E-state index in [1.165, 1.54) is 88.6 Å². The summed E-state index contributed by atoms with van der Waals surface area (Å²) in [4.78, 5) is 8.73. The molecule has 3 aliphatic rings. The van der Waals surface area contributed by atoms with Gasteiger partial charge in [0.15, 0.2) is 0 Å². The lowest BCUT2D eigenvalue weighted by molar-refractivity contribution is 0.275. The molecule has 6 nitrogen and oxygen atoms in total. The first-order chi connectivity index (χ1) is 34.7. The number of aromatic nitrogens is 4. The lowest BCUT2D eigenvalue weighted by atomic mass is 9.84. The van der Waals surface area contributed by atoms with Crippen LogP contribution >= 0.6 is 0 Å². The van der Waals surface area contributed by atoms with Crippen LogP contribution in [-0.2, 0) is 6.42 Å². The number of pyridine rings is 2. The molecule has 70 heavy (non-hydrogen) atoms. The molecular weight excluding hydrogens is 857 g/mol. The van der Waals surface area contributed by atoms with Gasteiger partial charge in [0, 0.05) is 91.9 Å². The van der Waals surface area contributed by atoms with Crippen molar-refractivity contribution in [2.75, 3.05) is 0 Å². The average molecular weight is 899 g/mol. The van der Waals surface area contributed by atoms with E-state index in [0.717, 1.165) is 69.3 Å². The molecule has 5 aromatic heterocycles. The molecule has 12 aromatic rings. The SMILES string of the molecule is C1=C(C2=CC=C3c4cnccc4OC3C2)CCc2c1c1cc(-c3cccc(-c4ccc5c(c4)c4cc(-c6ccc7c(c6)oc6ccncc67)ccc4n5-c4ccccc4)c3)ccc1n2-c1ccccc1. The van der Waals surface area contributed by atoms with Crippen LogP contribution in [0.5, 0.6) is 5.75 Å². The molecule has 330 valence electrons. The Bertz CT molecular complexity index is 4240. The molecule has 0 fully saturated rings. The number of furan rings is 1. The van der Waals surface area contributed by atoms with Gasteiger partial charge in [0.2, 0.25) is 0 Å². The van der Waals surface area contributed by atoms with E-state index >= 15 is 0 Å². The number of para-hydroxylation sites is 2. The Hall–Kier alpha value is -9.00. The Balaban J connectivity index is 0.834. The minimum Gasteiger partial charge on any atom is -0.485 e. The van der Waals surface area contributed by atoms with Crippen LogP contribution in [0.25, 0.3) is 111 Å². The third-order valence-electron chi connectivity index (χ3n) is 15.0. The van der Waals surface area contributed by atoms with Crippen LogP contribution in [0.4, 0.5) is 0 Å². The Morgan fingerprint density at radius 3 is 1.83 bits per heavy atom. The molecule has 0 N–H and O–H groups in total.